The maximum Gasteiger partial charge on any atom is 0.227 e. The SMILES string of the molecule is COc1ccc(C2CC(=O)N(c3cccc(C(C)=O)c3)C2)c(Oc2ccccc2N)c1. The first-order chi connectivity index (χ1) is 15.0. The molecule has 1 aliphatic rings. The van der Waals surface area contributed by atoms with Gasteiger partial charge in [0.05, 0.1) is 12.8 Å². The van der Waals surface area contributed by atoms with Crippen LogP contribution >= 0.6 is 0 Å². The summed E-state index contributed by atoms with van der Waals surface area (Å²) in [4.78, 5) is 26.3. The Hall–Kier alpha value is -3.80. The van der Waals surface area contributed by atoms with Crippen LogP contribution in [0.2, 0.25) is 0 Å². The van der Waals surface area contributed by atoms with E-state index in [0.29, 0.717) is 41.5 Å². The van der Waals surface area contributed by atoms with Crippen molar-refractivity contribution in [2.45, 2.75) is 19.3 Å². The summed E-state index contributed by atoms with van der Waals surface area (Å²) < 4.78 is 11.5. The van der Waals surface area contributed by atoms with E-state index in [2.05, 4.69) is 0 Å². The van der Waals surface area contributed by atoms with Crippen molar-refractivity contribution in [3.63, 3.8) is 0 Å². The third-order valence-corrected chi connectivity index (χ3v) is 5.49. The van der Waals surface area contributed by atoms with Crippen molar-refractivity contribution < 1.29 is 19.1 Å². The largest absolute Gasteiger partial charge is 0.497 e. The molecule has 0 spiro atoms. The molecule has 3 aromatic carbocycles. The Morgan fingerprint density at radius 1 is 1.03 bits per heavy atom. The first-order valence-corrected chi connectivity index (χ1v) is 10.1. The number of ether oxygens (including phenoxy) is 2. The number of methoxy groups -OCH3 is 1. The van der Waals surface area contributed by atoms with Gasteiger partial charge in [-0.2, -0.15) is 0 Å². The molecule has 1 unspecified atom stereocenters. The van der Waals surface area contributed by atoms with Crippen molar-refractivity contribution >= 4 is 23.1 Å². The smallest absolute Gasteiger partial charge is 0.227 e. The monoisotopic (exact) mass is 416 g/mol. The van der Waals surface area contributed by atoms with E-state index >= 15 is 0 Å². The van der Waals surface area contributed by atoms with E-state index in [9.17, 15) is 9.59 Å². The van der Waals surface area contributed by atoms with Crippen molar-refractivity contribution in [3.8, 4) is 17.2 Å². The van der Waals surface area contributed by atoms with Crippen molar-refractivity contribution in [2.24, 2.45) is 0 Å². The van der Waals surface area contributed by atoms with Crippen molar-refractivity contribution in [2.75, 3.05) is 24.3 Å². The Balaban J connectivity index is 1.65. The van der Waals surface area contributed by atoms with Crippen molar-refractivity contribution in [3.05, 3.63) is 77.9 Å². The second-order valence-electron chi connectivity index (χ2n) is 7.56. The highest BCUT2D eigenvalue weighted by Crippen LogP contribution is 2.40. The van der Waals surface area contributed by atoms with Gasteiger partial charge in [0.2, 0.25) is 5.91 Å². The van der Waals surface area contributed by atoms with Crippen LogP contribution in [-0.2, 0) is 4.79 Å². The number of anilines is 2. The average molecular weight is 416 g/mol. The number of nitrogens with two attached hydrogens (primary N) is 1. The predicted molar refractivity (Wildman–Crippen MR) is 120 cm³/mol. The number of nitrogen functional groups attached to an aromatic ring is 1. The first kappa shape index (κ1) is 20.5. The highest BCUT2D eigenvalue weighted by molar-refractivity contribution is 5.99. The quantitative estimate of drug-likeness (QED) is 0.461. The summed E-state index contributed by atoms with van der Waals surface area (Å²) in [7, 11) is 1.60. The normalized spacial score (nSPS) is 15.7. The molecule has 1 saturated heterocycles. The number of para-hydroxylation sites is 2. The molecule has 0 bridgehead atoms. The minimum atomic E-state index is -0.0701. The molecule has 1 aliphatic heterocycles. The zero-order chi connectivity index (χ0) is 22.0. The van der Waals surface area contributed by atoms with Crippen LogP contribution in [0, 0.1) is 0 Å². The van der Waals surface area contributed by atoms with E-state index in [4.69, 9.17) is 15.2 Å². The minimum absolute atomic E-state index is 0.00620. The van der Waals surface area contributed by atoms with E-state index in [1.165, 1.54) is 6.92 Å². The Morgan fingerprint density at radius 2 is 1.84 bits per heavy atom. The number of nitrogens with zero attached hydrogens (tertiary/aromatic N) is 1. The lowest BCUT2D eigenvalue weighted by atomic mass is 9.97. The molecule has 2 N–H and O–H groups in total. The zero-order valence-electron chi connectivity index (χ0n) is 17.5. The molecule has 0 radical (unpaired) electrons. The number of carbonyl (C=O) groups excluding carboxylic acids is 2. The third-order valence-electron chi connectivity index (χ3n) is 5.49. The van der Waals surface area contributed by atoms with Crippen LogP contribution in [0.1, 0.15) is 35.2 Å². The van der Waals surface area contributed by atoms with Crippen LogP contribution in [0.25, 0.3) is 0 Å². The van der Waals surface area contributed by atoms with Gasteiger partial charge in [0.1, 0.15) is 17.2 Å². The lowest BCUT2D eigenvalue weighted by Crippen LogP contribution is -2.24. The number of Topliss-reactive ketones (excluding diaryl/α,β-unsaturated/α-hetero) is 1. The topological polar surface area (TPSA) is 81.9 Å². The van der Waals surface area contributed by atoms with Crippen molar-refractivity contribution in [1.29, 1.82) is 0 Å². The maximum absolute atomic E-state index is 12.8. The minimum Gasteiger partial charge on any atom is -0.497 e. The summed E-state index contributed by atoms with van der Waals surface area (Å²) in [6.07, 6.45) is 0.345. The lowest BCUT2D eigenvalue weighted by molar-refractivity contribution is -0.117. The van der Waals surface area contributed by atoms with Gasteiger partial charge in [-0.15, -0.1) is 0 Å². The van der Waals surface area contributed by atoms with Crippen LogP contribution in [0.3, 0.4) is 0 Å². The first-order valence-electron chi connectivity index (χ1n) is 10.1. The van der Waals surface area contributed by atoms with Gasteiger partial charge < -0.3 is 20.1 Å². The molecule has 31 heavy (non-hydrogen) atoms. The Kier molecular flexibility index (Phi) is 5.62. The number of ketones is 1. The fourth-order valence-electron chi connectivity index (χ4n) is 3.82. The number of hydrogen-bond donors (Lipinski definition) is 1. The van der Waals surface area contributed by atoms with Crippen LogP contribution in [-0.4, -0.2) is 25.3 Å². The second-order valence-corrected chi connectivity index (χ2v) is 7.56. The van der Waals surface area contributed by atoms with E-state index in [0.717, 1.165) is 11.3 Å². The number of amides is 1. The molecule has 1 fully saturated rings. The van der Waals surface area contributed by atoms with E-state index in [1.807, 2.05) is 36.4 Å². The van der Waals surface area contributed by atoms with Gasteiger partial charge in [-0.25, -0.2) is 0 Å². The van der Waals surface area contributed by atoms with Gasteiger partial charge in [0.15, 0.2) is 5.78 Å². The molecular weight excluding hydrogens is 392 g/mol. The molecule has 6 heteroatoms. The second kappa shape index (κ2) is 8.52. The summed E-state index contributed by atoms with van der Waals surface area (Å²) in [5.74, 6) is 1.72. The van der Waals surface area contributed by atoms with Gasteiger partial charge in [-0.1, -0.05) is 30.3 Å². The van der Waals surface area contributed by atoms with Gasteiger partial charge in [0, 0.05) is 41.8 Å². The van der Waals surface area contributed by atoms with E-state index in [-0.39, 0.29) is 17.6 Å². The Morgan fingerprint density at radius 3 is 2.58 bits per heavy atom. The number of carbonyl (C=O) groups is 2. The average Bonchev–Trinajstić information content (AvgIpc) is 3.16. The number of hydrogen-bond acceptors (Lipinski definition) is 5. The molecule has 1 atom stereocenters. The lowest BCUT2D eigenvalue weighted by Gasteiger charge is -2.20. The van der Waals surface area contributed by atoms with Gasteiger partial charge in [-0.05, 0) is 37.3 Å². The summed E-state index contributed by atoms with van der Waals surface area (Å²) >= 11 is 0. The standard InChI is InChI=1S/C25H24N2O4/c1-16(28)17-6-5-7-19(12-17)27-15-18(13-25(27)29)21-11-10-20(30-2)14-24(21)31-23-9-4-3-8-22(23)26/h3-12,14,18H,13,15,26H2,1-2H3. The Labute approximate surface area is 181 Å². The van der Waals surface area contributed by atoms with Crippen LogP contribution in [0.5, 0.6) is 17.2 Å². The molecule has 0 saturated carbocycles. The van der Waals surface area contributed by atoms with Gasteiger partial charge in [-0.3, -0.25) is 9.59 Å². The van der Waals surface area contributed by atoms with Crippen LogP contribution in [0.15, 0.2) is 66.7 Å². The van der Waals surface area contributed by atoms with E-state index < -0.39 is 0 Å². The fourth-order valence-corrected chi connectivity index (χ4v) is 3.82. The fraction of sp³-hybridized carbons (Fsp3) is 0.200. The Bertz CT molecular complexity index is 1140. The zero-order valence-corrected chi connectivity index (χ0v) is 17.5. The molecule has 3 aromatic rings. The molecule has 0 aliphatic carbocycles. The number of rotatable bonds is 6. The molecule has 1 heterocycles. The summed E-state index contributed by atoms with van der Waals surface area (Å²) in [5, 5.41) is 0. The number of benzene rings is 3. The summed E-state index contributed by atoms with van der Waals surface area (Å²) in [6, 6.07) is 20.0. The summed E-state index contributed by atoms with van der Waals surface area (Å²) in [6.45, 7) is 2.01. The van der Waals surface area contributed by atoms with Gasteiger partial charge >= 0.3 is 0 Å². The molecule has 1 amide bonds. The highest BCUT2D eigenvalue weighted by Gasteiger charge is 2.33. The molecule has 0 aromatic heterocycles. The molecular formula is C25H24N2O4. The van der Waals surface area contributed by atoms with Crippen LogP contribution in [0.4, 0.5) is 11.4 Å². The third kappa shape index (κ3) is 4.23. The van der Waals surface area contributed by atoms with Gasteiger partial charge in [0.25, 0.3) is 0 Å². The maximum atomic E-state index is 12.8. The molecule has 6 nitrogen and oxygen atoms in total. The highest BCUT2D eigenvalue weighted by atomic mass is 16.5. The van der Waals surface area contributed by atoms with Crippen molar-refractivity contribution in [1.82, 2.24) is 0 Å². The molecule has 4 rings (SSSR count). The van der Waals surface area contributed by atoms with E-state index in [1.54, 1.807) is 42.3 Å². The van der Waals surface area contributed by atoms with Crippen LogP contribution < -0.4 is 20.1 Å². The predicted octanol–water partition coefficient (Wildman–Crippen LogP) is 4.79. The summed E-state index contributed by atoms with van der Waals surface area (Å²) in [5.41, 5.74) is 8.80. The molecule has 158 valence electrons.